The van der Waals surface area contributed by atoms with Crippen molar-refractivity contribution in [1.82, 2.24) is 0 Å². The van der Waals surface area contributed by atoms with Crippen molar-refractivity contribution >= 4 is 0 Å². The molecule has 0 fully saturated rings. The minimum Gasteiger partial charge on any atom is -0.396 e. The Morgan fingerprint density at radius 2 is 1.46 bits per heavy atom. The van der Waals surface area contributed by atoms with Gasteiger partial charge in [0.25, 0.3) is 0 Å². The normalized spacial score (nSPS) is 13.2. The van der Waals surface area contributed by atoms with Gasteiger partial charge in [0, 0.05) is 13.2 Å². The largest absolute Gasteiger partial charge is 0.396 e. The van der Waals surface area contributed by atoms with Gasteiger partial charge in [0.1, 0.15) is 0 Å². The monoisotopic (exact) mass is 188 g/mol. The molecule has 0 saturated carbocycles. The maximum absolute atomic E-state index is 8.71. The van der Waals surface area contributed by atoms with Crippen LogP contribution >= 0.6 is 0 Å². The Kier molecular flexibility index (Phi) is 9.94. The molecule has 0 aromatic rings. The minimum atomic E-state index is 0.318. The van der Waals surface area contributed by atoms with Crippen LogP contribution in [-0.4, -0.2) is 23.4 Å². The molecule has 0 aliphatic heterocycles. The molecule has 0 bridgehead atoms. The highest BCUT2D eigenvalue weighted by molar-refractivity contribution is 4.59. The van der Waals surface area contributed by atoms with Crippen molar-refractivity contribution in [3.8, 4) is 0 Å². The first-order valence-electron chi connectivity index (χ1n) is 5.56. The van der Waals surface area contributed by atoms with Crippen LogP contribution < -0.4 is 0 Å². The van der Waals surface area contributed by atoms with E-state index in [1.165, 1.54) is 19.3 Å². The smallest absolute Gasteiger partial charge is 0.0431 e. The van der Waals surface area contributed by atoms with Gasteiger partial charge in [-0.2, -0.15) is 0 Å². The van der Waals surface area contributed by atoms with Crippen LogP contribution in [0.1, 0.15) is 51.9 Å². The summed E-state index contributed by atoms with van der Waals surface area (Å²) in [5.74, 6) is 0.767. The summed E-state index contributed by atoms with van der Waals surface area (Å²) in [6.45, 7) is 2.84. The molecule has 13 heavy (non-hydrogen) atoms. The second-order valence-electron chi connectivity index (χ2n) is 3.74. The lowest BCUT2D eigenvalue weighted by Crippen LogP contribution is -2.02. The van der Waals surface area contributed by atoms with Gasteiger partial charge in [0.05, 0.1) is 0 Å². The van der Waals surface area contributed by atoms with E-state index in [4.69, 9.17) is 10.2 Å². The Hall–Kier alpha value is -0.0800. The summed E-state index contributed by atoms with van der Waals surface area (Å²) >= 11 is 0. The Labute approximate surface area is 82.0 Å². The van der Waals surface area contributed by atoms with E-state index in [1.807, 2.05) is 0 Å². The topological polar surface area (TPSA) is 40.5 Å². The molecule has 1 atom stereocenters. The molecule has 0 aliphatic rings. The summed E-state index contributed by atoms with van der Waals surface area (Å²) in [6.07, 6.45) is 7.86. The van der Waals surface area contributed by atoms with Crippen molar-refractivity contribution < 1.29 is 10.2 Å². The van der Waals surface area contributed by atoms with E-state index >= 15 is 0 Å². The van der Waals surface area contributed by atoms with Gasteiger partial charge < -0.3 is 10.2 Å². The fourth-order valence-electron chi connectivity index (χ4n) is 1.77. The van der Waals surface area contributed by atoms with Crippen molar-refractivity contribution in [3.63, 3.8) is 0 Å². The van der Waals surface area contributed by atoms with E-state index in [-0.39, 0.29) is 0 Å². The van der Waals surface area contributed by atoms with Crippen molar-refractivity contribution in [3.05, 3.63) is 0 Å². The van der Waals surface area contributed by atoms with Crippen molar-refractivity contribution in [2.24, 2.45) is 5.92 Å². The Bertz CT molecular complexity index is 94.1. The van der Waals surface area contributed by atoms with Gasteiger partial charge in [0.2, 0.25) is 0 Å². The van der Waals surface area contributed by atoms with Gasteiger partial charge >= 0.3 is 0 Å². The first kappa shape index (κ1) is 12.9. The molecule has 0 aromatic carbocycles. The first-order chi connectivity index (χ1) is 6.35. The molecule has 2 heteroatoms. The van der Waals surface area contributed by atoms with E-state index in [0.717, 1.165) is 31.6 Å². The summed E-state index contributed by atoms with van der Waals surface area (Å²) in [5, 5.41) is 17.4. The fraction of sp³-hybridized carbons (Fsp3) is 1.00. The van der Waals surface area contributed by atoms with Crippen molar-refractivity contribution in [1.29, 1.82) is 0 Å². The molecule has 0 radical (unpaired) electrons. The lowest BCUT2D eigenvalue weighted by atomic mass is 9.92. The second-order valence-corrected chi connectivity index (χ2v) is 3.74. The zero-order valence-corrected chi connectivity index (χ0v) is 8.84. The maximum atomic E-state index is 8.71. The zero-order valence-electron chi connectivity index (χ0n) is 8.84. The standard InChI is InChI=1S/C11H24O2/c1-2-6-11(8-5-10-13)7-3-4-9-12/h11-13H,2-10H2,1H3. The third-order valence-corrected chi connectivity index (χ3v) is 2.49. The summed E-state index contributed by atoms with van der Waals surface area (Å²) in [4.78, 5) is 0. The van der Waals surface area contributed by atoms with Gasteiger partial charge in [-0.3, -0.25) is 0 Å². The number of aliphatic hydroxyl groups excluding tert-OH is 2. The molecule has 80 valence electrons. The van der Waals surface area contributed by atoms with E-state index in [2.05, 4.69) is 6.92 Å². The quantitative estimate of drug-likeness (QED) is 0.545. The van der Waals surface area contributed by atoms with Gasteiger partial charge in [-0.1, -0.05) is 32.6 Å². The second kappa shape index (κ2) is 10.0. The van der Waals surface area contributed by atoms with E-state index < -0.39 is 0 Å². The van der Waals surface area contributed by atoms with Crippen LogP contribution in [0.15, 0.2) is 0 Å². The third-order valence-electron chi connectivity index (χ3n) is 2.49. The van der Waals surface area contributed by atoms with Gasteiger partial charge in [0.15, 0.2) is 0 Å². The van der Waals surface area contributed by atoms with Crippen LogP contribution in [0.5, 0.6) is 0 Å². The van der Waals surface area contributed by atoms with Crippen LogP contribution in [0.3, 0.4) is 0 Å². The van der Waals surface area contributed by atoms with Crippen LogP contribution in [0.4, 0.5) is 0 Å². The minimum absolute atomic E-state index is 0.318. The highest BCUT2D eigenvalue weighted by Crippen LogP contribution is 2.19. The predicted molar refractivity (Wildman–Crippen MR) is 55.7 cm³/mol. The van der Waals surface area contributed by atoms with Crippen molar-refractivity contribution in [2.45, 2.75) is 51.9 Å². The zero-order chi connectivity index (χ0) is 9.94. The SMILES string of the molecule is CCCC(CCCO)CCCCO. The number of rotatable bonds is 9. The molecular weight excluding hydrogens is 164 g/mol. The van der Waals surface area contributed by atoms with Crippen LogP contribution in [0.2, 0.25) is 0 Å². The predicted octanol–water partition coefficient (Wildman–Crippen LogP) is 2.34. The summed E-state index contributed by atoms with van der Waals surface area (Å²) in [7, 11) is 0. The molecule has 0 aromatic heterocycles. The molecule has 0 amide bonds. The number of hydrogen-bond donors (Lipinski definition) is 2. The first-order valence-corrected chi connectivity index (χ1v) is 5.56. The Morgan fingerprint density at radius 1 is 0.846 bits per heavy atom. The molecule has 0 spiro atoms. The highest BCUT2D eigenvalue weighted by Gasteiger charge is 2.06. The molecule has 2 N–H and O–H groups in total. The summed E-state index contributed by atoms with van der Waals surface area (Å²) in [6, 6.07) is 0. The third kappa shape index (κ3) is 8.26. The van der Waals surface area contributed by atoms with Crippen LogP contribution in [0.25, 0.3) is 0 Å². The number of aliphatic hydroxyl groups is 2. The molecule has 2 nitrogen and oxygen atoms in total. The summed E-state index contributed by atoms with van der Waals surface area (Å²) in [5.41, 5.74) is 0. The van der Waals surface area contributed by atoms with Crippen molar-refractivity contribution in [2.75, 3.05) is 13.2 Å². The molecule has 1 unspecified atom stereocenters. The average molecular weight is 188 g/mol. The van der Waals surface area contributed by atoms with Crippen LogP contribution in [-0.2, 0) is 0 Å². The van der Waals surface area contributed by atoms with Gasteiger partial charge in [-0.25, -0.2) is 0 Å². The molecule has 0 rings (SSSR count). The van der Waals surface area contributed by atoms with Gasteiger partial charge in [-0.05, 0) is 25.2 Å². The average Bonchev–Trinajstić information content (AvgIpc) is 2.14. The number of hydrogen-bond acceptors (Lipinski definition) is 2. The van der Waals surface area contributed by atoms with E-state index in [1.54, 1.807) is 0 Å². The van der Waals surface area contributed by atoms with E-state index in [9.17, 15) is 0 Å². The fourth-order valence-corrected chi connectivity index (χ4v) is 1.77. The highest BCUT2D eigenvalue weighted by atomic mass is 16.3. The molecule has 0 saturated heterocycles. The molecule has 0 aliphatic carbocycles. The molecular formula is C11H24O2. The summed E-state index contributed by atoms with van der Waals surface area (Å²) < 4.78 is 0. The maximum Gasteiger partial charge on any atom is 0.0431 e. The van der Waals surface area contributed by atoms with Crippen LogP contribution in [0, 0.1) is 5.92 Å². The van der Waals surface area contributed by atoms with Gasteiger partial charge in [-0.15, -0.1) is 0 Å². The Morgan fingerprint density at radius 3 is 2.00 bits per heavy atom. The lowest BCUT2D eigenvalue weighted by molar-refractivity contribution is 0.254. The lowest BCUT2D eigenvalue weighted by Gasteiger charge is -2.14. The Balaban J connectivity index is 3.41. The molecule has 0 heterocycles. The number of unbranched alkanes of at least 4 members (excludes halogenated alkanes) is 1. The van der Waals surface area contributed by atoms with E-state index in [0.29, 0.717) is 13.2 Å².